The molecule has 2 aliphatic rings. The third-order valence-electron chi connectivity index (χ3n) is 4.16. The summed E-state index contributed by atoms with van der Waals surface area (Å²) in [5.41, 5.74) is 0.0251. The molecule has 2 amide bonds. The molecule has 1 aliphatic carbocycles. The summed E-state index contributed by atoms with van der Waals surface area (Å²) in [4.78, 5) is 14.4. The highest BCUT2D eigenvalue weighted by Crippen LogP contribution is 2.42. The van der Waals surface area contributed by atoms with Crippen molar-refractivity contribution >= 4 is 6.03 Å². The van der Waals surface area contributed by atoms with Gasteiger partial charge in [-0.25, -0.2) is 4.79 Å². The third kappa shape index (κ3) is 2.73. The predicted octanol–water partition coefficient (Wildman–Crippen LogP) is 1.71. The fourth-order valence-corrected chi connectivity index (χ4v) is 2.37. The second-order valence-corrected chi connectivity index (χ2v) is 6.07. The molecule has 1 saturated heterocycles. The summed E-state index contributed by atoms with van der Waals surface area (Å²) in [6, 6.07) is 0.123. The minimum atomic E-state index is -0.104. The predicted molar refractivity (Wildman–Crippen MR) is 69.1 cm³/mol. The van der Waals surface area contributed by atoms with Crippen molar-refractivity contribution in [3.8, 4) is 0 Å². The van der Waals surface area contributed by atoms with Crippen LogP contribution in [0.4, 0.5) is 4.79 Å². The quantitative estimate of drug-likeness (QED) is 0.770. The van der Waals surface area contributed by atoms with Gasteiger partial charge < -0.3 is 15.5 Å². The molecule has 1 heterocycles. The van der Waals surface area contributed by atoms with Crippen molar-refractivity contribution in [2.75, 3.05) is 19.6 Å². The minimum Gasteiger partial charge on any atom is -0.333 e. The summed E-state index contributed by atoms with van der Waals surface area (Å²) in [5, 5.41) is 6.60. The fraction of sp³-hybridized carbons (Fsp3) is 0.923. The second kappa shape index (κ2) is 4.48. The Kier molecular flexibility index (Phi) is 3.34. The van der Waals surface area contributed by atoms with Gasteiger partial charge in [-0.3, -0.25) is 0 Å². The summed E-state index contributed by atoms with van der Waals surface area (Å²) in [6.45, 7) is 9.16. The van der Waals surface area contributed by atoms with Gasteiger partial charge in [0.05, 0.1) is 5.54 Å². The van der Waals surface area contributed by atoms with Crippen LogP contribution in [0.2, 0.25) is 0 Å². The van der Waals surface area contributed by atoms with Gasteiger partial charge in [0.15, 0.2) is 0 Å². The van der Waals surface area contributed by atoms with E-state index in [0.717, 1.165) is 45.3 Å². The van der Waals surface area contributed by atoms with Crippen LogP contribution in [-0.4, -0.2) is 41.6 Å². The van der Waals surface area contributed by atoms with E-state index in [4.69, 9.17) is 0 Å². The first-order valence-electron chi connectivity index (χ1n) is 6.80. The van der Waals surface area contributed by atoms with E-state index in [2.05, 4.69) is 36.3 Å². The van der Waals surface area contributed by atoms with E-state index >= 15 is 0 Å². The Morgan fingerprint density at radius 2 is 2.18 bits per heavy atom. The van der Waals surface area contributed by atoms with Crippen LogP contribution in [0, 0.1) is 0 Å². The van der Waals surface area contributed by atoms with Gasteiger partial charge in [-0.05, 0) is 46.1 Å². The molecule has 0 aromatic rings. The van der Waals surface area contributed by atoms with Gasteiger partial charge in [0.2, 0.25) is 0 Å². The topological polar surface area (TPSA) is 44.4 Å². The van der Waals surface area contributed by atoms with Crippen LogP contribution in [0.25, 0.3) is 0 Å². The van der Waals surface area contributed by atoms with Crippen molar-refractivity contribution < 1.29 is 4.79 Å². The van der Waals surface area contributed by atoms with Crippen molar-refractivity contribution in [3.63, 3.8) is 0 Å². The van der Waals surface area contributed by atoms with Gasteiger partial charge in [-0.1, -0.05) is 6.92 Å². The smallest absolute Gasteiger partial charge is 0.318 e. The number of amides is 2. The first kappa shape index (κ1) is 12.7. The van der Waals surface area contributed by atoms with E-state index in [-0.39, 0.29) is 17.1 Å². The van der Waals surface area contributed by atoms with Crippen molar-refractivity contribution in [1.82, 2.24) is 15.5 Å². The molecular formula is C13H25N3O. The molecule has 0 aromatic carbocycles. The molecule has 0 bridgehead atoms. The van der Waals surface area contributed by atoms with Gasteiger partial charge in [0.25, 0.3) is 0 Å². The lowest BCUT2D eigenvalue weighted by Gasteiger charge is -2.34. The van der Waals surface area contributed by atoms with Crippen LogP contribution in [0.15, 0.2) is 0 Å². The van der Waals surface area contributed by atoms with Crippen LogP contribution in [0.1, 0.15) is 46.5 Å². The SMILES string of the molecule is CCC(C)(C)NC(=O)N1CCCNCC12CC2. The van der Waals surface area contributed by atoms with Crippen molar-refractivity contribution in [2.24, 2.45) is 0 Å². The maximum absolute atomic E-state index is 12.4. The Bertz CT molecular complexity index is 297. The Labute approximate surface area is 104 Å². The number of carbonyl (C=O) groups is 1. The van der Waals surface area contributed by atoms with E-state index in [0.29, 0.717) is 0 Å². The van der Waals surface area contributed by atoms with Crippen molar-refractivity contribution in [3.05, 3.63) is 0 Å². The molecule has 2 N–H and O–H groups in total. The van der Waals surface area contributed by atoms with Crippen molar-refractivity contribution in [2.45, 2.75) is 57.5 Å². The van der Waals surface area contributed by atoms with E-state index in [9.17, 15) is 4.79 Å². The van der Waals surface area contributed by atoms with Crippen LogP contribution in [0.3, 0.4) is 0 Å². The average Bonchev–Trinajstić information content (AvgIpc) is 3.06. The van der Waals surface area contributed by atoms with E-state index in [1.54, 1.807) is 0 Å². The van der Waals surface area contributed by atoms with E-state index in [1.165, 1.54) is 0 Å². The maximum Gasteiger partial charge on any atom is 0.318 e. The first-order chi connectivity index (χ1) is 7.99. The largest absolute Gasteiger partial charge is 0.333 e. The minimum absolute atomic E-state index is 0.104. The molecule has 17 heavy (non-hydrogen) atoms. The Morgan fingerprint density at radius 1 is 1.47 bits per heavy atom. The lowest BCUT2D eigenvalue weighted by atomic mass is 10.0. The number of nitrogens with one attached hydrogen (secondary N) is 2. The Morgan fingerprint density at radius 3 is 2.76 bits per heavy atom. The Hall–Kier alpha value is -0.770. The molecule has 98 valence electrons. The molecule has 0 atom stereocenters. The molecule has 0 unspecified atom stereocenters. The summed E-state index contributed by atoms with van der Waals surface area (Å²) in [6.07, 6.45) is 4.32. The first-order valence-corrected chi connectivity index (χ1v) is 6.80. The monoisotopic (exact) mass is 239 g/mol. The van der Waals surface area contributed by atoms with Crippen LogP contribution < -0.4 is 10.6 Å². The highest BCUT2D eigenvalue weighted by molar-refractivity contribution is 5.76. The number of urea groups is 1. The van der Waals surface area contributed by atoms with E-state index < -0.39 is 0 Å². The molecule has 1 spiro atoms. The second-order valence-electron chi connectivity index (χ2n) is 6.07. The van der Waals surface area contributed by atoms with Crippen molar-refractivity contribution in [1.29, 1.82) is 0 Å². The van der Waals surface area contributed by atoms with E-state index in [1.807, 2.05) is 0 Å². The van der Waals surface area contributed by atoms with Gasteiger partial charge >= 0.3 is 6.03 Å². The third-order valence-corrected chi connectivity index (χ3v) is 4.16. The zero-order valence-corrected chi connectivity index (χ0v) is 11.3. The van der Waals surface area contributed by atoms with Gasteiger partial charge in [0.1, 0.15) is 0 Å². The molecule has 1 aliphatic heterocycles. The molecule has 0 radical (unpaired) electrons. The van der Waals surface area contributed by atoms with Crippen LogP contribution in [-0.2, 0) is 0 Å². The molecule has 4 nitrogen and oxygen atoms in total. The molecule has 0 aromatic heterocycles. The van der Waals surface area contributed by atoms with Crippen LogP contribution in [0.5, 0.6) is 0 Å². The summed E-state index contributed by atoms with van der Waals surface area (Å²) in [7, 11) is 0. The molecule has 2 fully saturated rings. The lowest BCUT2D eigenvalue weighted by molar-refractivity contribution is 0.161. The number of carbonyl (C=O) groups excluding carboxylic acids is 1. The summed E-state index contributed by atoms with van der Waals surface area (Å²) >= 11 is 0. The number of nitrogens with zero attached hydrogens (tertiary/aromatic N) is 1. The van der Waals surface area contributed by atoms with Gasteiger partial charge in [0, 0.05) is 18.6 Å². The molecule has 1 saturated carbocycles. The zero-order valence-electron chi connectivity index (χ0n) is 11.3. The van der Waals surface area contributed by atoms with Crippen LogP contribution >= 0.6 is 0 Å². The lowest BCUT2D eigenvalue weighted by Crippen LogP contribution is -2.55. The van der Waals surface area contributed by atoms with Gasteiger partial charge in [-0.2, -0.15) is 0 Å². The summed E-state index contributed by atoms with van der Waals surface area (Å²) in [5.74, 6) is 0. The average molecular weight is 239 g/mol. The number of hydrogen-bond acceptors (Lipinski definition) is 2. The zero-order chi connectivity index (χ0) is 12.5. The number of rotatable bonds is 2. The Balaban J connectivity index is 2.02. The molecular weight excluding hydrogens is 214 g/mol. The maximum atomic E-state index is 12.4. The summed E-state index contributed by atoms with van der Waals surface area (Å²) < 4.78 is 0. The molecule has 2 rings (SSSR count). The highest BCUT2D eigenvalue weighted by atomic mass is 16.2. The fourth-order valence-electron chi connectivity index (χ4n) is 2.37. The molecule has 4 heteroatoms. The standard InChI is InChI=1S/C13H25N3O/c1-4-12(2,3)15-11(17)16-9-5-8-14-10-13(16)6-7-13/h14H,4-10H2,1-3H3,(H,15,17). The normalized spacial score (nSPS) is 23.4. The highest BCUT2D eigenvalue weighted by Gasteiger charge is 2.50. The van der Waals surface area contributed by atoms with Gasteiger partial charge in [-0.15, -0.1) is 0 Å². The number of hydrogen-bond donors (Lipinski definition) is 2.